The van der Waals surface area contributed by atoms with Gasteiger partial charge in [0.25, 0.3) is 5.91 Å². The smallest absolute Gasteiger partial charge is 0.382 e. The fourth-order valence-corrected chi connectivity index (χ4v) is 3.28. The van der Waals surface area contributed by atoms with Crippen molar-refractivity contribution in [3.8, 4) is 11.3 Å². The molecule has 0 fully saturated rings. The maximum atomic E-state index is 13.4. The van der Waals surface area contributed by atoms with E-state index < -0.39 is 23.9 Å². The highest BCUT2D eigenvalue weighted by Gasteiger charge is 2.33. The lowest BCUT2D eigenvalue weighted by Gasteiger charge is -2.24. The summed E-state index contributed by atoms with van der Waals surface area (Å²) in [5, 5.41) is 13.0. The van der Waals surface area contributed by atoms with Crippen LogP contribution in [0.5, 0.6) is 0 Å². The number of aromatic nitrogens is 3. The van der Waals surface area contributed by atoms with E-state index >= 15 is 0 Å². The van der Waals surface area contributed by atoms with E-state index in [1.165, 1.54) is 41.0 Å². The molecule has 3 heterocycles. The largest absolute Gasteiger partial charge is 0.417 e. The Labute approximate surface area is 186 Å². The molecular weight excluding hydrogens is 441 g/mol. The summed E-state index contributed by atoms with van der Waals surface area (Å²) >= 11 is 0. The minimum absolute atomic E-state index is 0.0632. The Bertz CT molecular complexity index is 1180. The number of nitrogens with zero attached hydrogens (tertiary/aromatic N) is 3. The van der Waals surface area contributed by atoms with Crippen molar-refractivity contribution in [2.24, 2.45) is 0 Å². The minimum atomic E-state index is -4.54. The molecule has 3 N–H and O–H groups in total. The van der Waals surface area contributed by atoms with Crippen molar-refractivity contribution in [3.63, 3.8) is 0 Å². The Morgan fingerprint density at radius 1 is 1.24 bits per heavy atom. The van der Waals surface area contributed by atoms with E-state index in [4.69, 9.17) is 9.47 Å². The number of imidazole rings is 1. The molecule has 1 unspecified atom stereocenters. The van der Waals surface area contributed by atoms with Crippen LogP contribution in [0.2, 0.25) is 0 Å². The van der Waals surface area contributed by atoms with Gasteiger partial charge in [0.1, 0.15) is 12.0 Å². The molecule has 3 aromatic rings. The van der Waals surface area contributed by atoms with Crippen molar-refractivity contribution in [1.82, 2.24) is 30.5 Å². The van der Waals surface area contributed by atoms with Crippen LogP contribution in [0.4, 0.5) is 13.2 Å². The summed E-state index contributed by atoms with van der Waals surface area (Å²) in [6.45, 7) is 1.15. The number of alkyl halides is 3. The molecular formula is C21H21F3N6O3. The maximum absolute atomic E-state index is 13.4. The van der Waals surface area contributed by atoms with Crippen molar-refractivity contribution in [1.29, 1.82) is 0 Å². The molecule has 0 saturated carbocycles. The van der Waals surface area contributed by atoms with Gasteiger partial charge in [0, 0.05) is 12.7 Å². The number of hydrogen-bond donors (Lipinski definition) is 3. The SMILES string of the molecule is COCCOC1C=C(NC(=O)c2cnc3ccc(-c4ccccc4C(F)(F)F)nn23)NCN1. The van der Waals surface area contributed by atoms with Crippen LogP contribution in [0, 0.1) is 0 Å². The van der Waals surface area contributed by atoms with Gasteiger partial charge in [-0.15, -0.1) is 0 Å². The summed E-state index contributed by atoms with van der Waals surface area (Å²) in [5.41, 5.74) is -0.457. The second kappa shape index (κ2) is 9.57. The van der Waals surface area contributed by atoms with Crippen LogP contribution in [0.25, 0.3) is 16.9 Å². The Balaban J connectivity index is 1.59. The number of amides is 1. The van der Waals surface area contributed by atoms with Gasteiger partial charge < -0.3 is 20.1 Å². The molecule has 0 spiro atoms. The number of carbonyl (C=O) groups is 1. The summed E-state index contributed by atoms with van der Waals surface area (Å²) in [5.74, 6) is -0.123. The molecule has 1 aliphatic rings. The van der Waals surface area contributed by atoms with Crippen molar-refractivity contribution in [3.05, 3.63) is 65.7 Å². The number of ether oxygens (including phenoxy) is 2. The van der Waals surface area contributed by atoms with Crippen LogP contribution < -0.4 is 16.0 Å². The minimum Gasteiger partial charge on any atom is -0.382 e. The number of halogens is 3. The Morgan fingerprint density at radius 3 is 2.85 bits per heavy atom. The average molecular weight is 462 g/mol. The van der Waals surface area contributed by atoms with E-state index in [0.29, 0.717) is 31.4 Å². The highest BCUT2D eigenvalue weighted by atomic mass is 19.4. The zero-order valence-corrected chi connectivity index (χ0v) is 17.5. The van der Waals surface area contributed by atoms with Crippen LogP contribution in [-0.4, -0.2) is 53.7 Å². The van der Waals surface area contributed by atoms with Gasteiger partial charge in [0.2, 0.25) is 0 Å². The molecule has 1 amide bonds. The molecule has 0 bridgehead atoms. The zero-order chi connectivity index (χ0) is 23.4. The molecule has 2 aromatic heterocycles. The molecule has 0 aliphatic carbocycles. The lowest BCUT2D eigenvalue weighted by molar-refractivity contribution is -0.137. The molecule has 1 aliphatic heterocycles. The number of fused-ring (bicyclic) bond motifs is 1. The highest BCUT2D eigenvalue weighted by molar-refractivity contribution is 5.94. The van der Waals surface area contributed by atoms with Gasteiger partial charge in [0.15, 0.2) is 11.3 Å². The van der Waals surface area contributed by atoms with Crippen LogP contribution in [0.1, 0.15) is 16.1 Å². The molecule has 9 nitrogen and oxygen atoms in total. The van der Waals surface area contributed by atoms with Gasteiger partial charge in [-0.1, -0.05) is 18.2 Å². The fraction of sp³-hybridized carbons (Fsp3) is 0.286. The first-order valence-corrected chi connectivity index (χ1v) is 9.99. The second-order valence-electron chi connectivity index (χ2n) is 7.05. The number of carbonyl (C=O) groups excluding carboxylic acids is 1. The molecule has 174 valence electrons. The van der Waals surface area contributed by atoms with E-state index in [2.05, 4.69) is 26.0 Å². The van der Waals surface area contributed by atoms with E-state index in [0.717, 1.165) is 6.07 Å². The highest BCUT2D eigenvalue weighted by Crippen LogP contribution is 2.36. The number of nitrogens with one attached hydrogen (secondary N) is 3. The summed E-state index contributed by atoms with van der Waals surface area (Å²) in [6.07, 6.45) is -2.01. The van der Waals surface area contributed by atoms with Gasteiger partial charge in [0.05, 0.1) is 37.3 Å². The van der Waals surface area contributed by atoms with E-state index in [9.17, 15) is 18.0 Å². The van der Waals surface area contributed by atoms with Crippen molar-refractivity contribution < 1.29 is 27.4 Å². The third kappa shape index (κ3) is 5.13. The van der Waals surface area contributed by atoms with Crippen LogP contribution in [-0.2, 0) is 15.7 Å². The first-order chi connectivity index (χ1) is 15.9. The van der Waals surface area contributed by atoms with Gasteiger partial charge in [-0.25, -0.2) is 9.50 Å². The zero-order valence-electron chi connectivity index (χ0n) is 17.5. The molecule has 1 atom stereocenters. The summed E-state index contributed by atoms with van der Waals surface area (Å²) in [6, 6.07) is 8.08. The molecule has 33 heavy (non-hydrogen) atoms. The average Bonchev–Trinajstić information content (AvgIpc) is 3.22. The van der Waals surface area contributed by atoms with Crippen LogP contribution >= 0.6 is 0 Å². The third-order valence-electron chi connectivity index (χ3n) is 4.84. The third-order valence-corrected chi connectivity index (χ3v) is 4.84. The first kappa shape index (κ1) is 22.7. The van der Waals surface area contributed by atoms with E-state index in [1.807, 2.05) is 0 Å². The molecule has 0 saturated heterocycles. The standard InChI is InChI=1S/C21H21F3N6O3/c1-32-8-9-33-19-10-17(26-12-27-19)28-20(31)16-11-25-18-7-6-15(29-30(16)18)13-4-2-3-5-14(13)21(22,23)24/h2-7,10-11,19,26-27H,8-9,12H2,1H3,(H,28,31). The summed E-state index contributed by atoms with van der Waals surface area (Å²) < 4.78 is 52.0. The topological polar surface area (TPSA) is 102 Å². The van der Waals surface area contributed by atoms with Crippen molar-refractivity contribution in [2.45, 2.75) is 12.4 Å². The van der Waals surface area contributed by atoms with Crippen LogP contribution in [0.15, 0.2) is 54.5 Å². The normalized spacial score (nSPS) is 16.4. The van der Waals surface area contributed by atoms with Crippen molar-refractivity contribution in [2.75, 3.05) is 27.0 Å². The molecule has 12 heteroatoms. The summed E-state index contributed by atoms with van der Waals surface area (Å²) in [4.78, 5) is 17.0. The Kier molecular flexibility index (Phi) is 6.58. The lowest BCUT2D eigenvalue weighted by atomic mass is 10.0. The van der Waals surface area contributed by atoms with Crippen LogP contribution in [0.3, 0.4) is 0 Å². The fourth-order valence-electron chi connectivity index (χ4n) is 3.28. The van der Waals surface area contributed by atoms with Crippen molar-refractivity contribution >= 4 is 11.6 Å². The van der Waals surface area contributed by atoms with Gasteiger partial charge in [-0.2, -0.15) is 18.3 Å². The van der Waals surface area contributed by atoms with Gasteiger partial charge in [-0.3, -0.25) is 10.1 Å². The molecule has 4 rings (SSSR count). The quantitative estimate of drug-likeness (QED) is 0.463. The first-order valence-electron chi connectivity index (χ1n) is 9.99. The van der Waals surface area contributed by atoms with E-state index in [1.54, 1.807) is 13.2 Å². The lowest BCUT2D eigenvalue weighted by Crippen LogP contribution is -2.47. The number of benzene rings is 1. The number of methoxy groups -OCH3 is 1. The predicted molar refractivity (Wildman–Crippen MR) is 112 cm³/mol. The monoisotopic (exact) mass is 462 g/mol. The maximum Gasteiger partial charge on any atom is 0.417 e. The molecule has 1 aromatic carbocycles. The van der Waals surface area contributed by atoms with Gasteiger partial charge in [-0.05, 0) is 24.3 Å². The number of hydrogen-bond acceptors (Lipinski definition) is 7. The predicted octanol–water partition coefficient (Wildman–Crippen LogP) is 2.13. The van der Waals surface area contributed by atoms with Gasteiger partial charge >= 0.3 is 6.18 Å². The Hall–Kier alpha value is -3.48. The summed E-state index contributed by atoms with van der Waals surface area (Å²) in [7, 11) is 1.57. The second-order valence-corrected chi connectivity index (χ2v) is 7.05. The number of rotatable bonds is 7. The van der Waals surface area contributed by atoms with E-state index in [-0.39, 0.29) is 17.0 Å². The Morgan fingerprint density at radius 2 is 2.06 bits per heavy atom. The molecule has 0 radical (unpaired) electrons.